The fraction of sp³-hybridized carbons (Fsp3) is 0.833. The molecule has 0 bridgehead atoms. The predicted molar refractivity (Wildman–Crippen MR) is 61.1 cm³/mol. The Hall–Kier alpha value is -0.900. The molecular weight excluding hydrogens is 206 g/mol. The summed E-state index contributed by atoms with van der Waals surface area (Å²) >= 11 is 0. The van der Waals surface area contributed by atoms with E-state index in [4.69, 9.17) is 4.74 Å². The molecule has 1 aliphatic rings. The molecule has 0 saturated carbocycles. The van der Waals surface area contributed by atoms with Crippen molar-refractivity contribution in [3.05, 3.63) is 0 Å². The van der Waals surface area contributed by atoms with E-state index >= 15 is 0 Å². The van der Waals surface area contributed by atoms with Crippen molar-refractivity contribution in [3.63, 3.8) is 0 Å². The molecule has 4 heteroatoms. The normalized spacial score (nSPS) is 17.4. The zero-order valence-corrected chi connectivity index (χ0v) is 10.4. The number of esters is 1. The van der Waals surface area contributed by atoms with Crippen LogP contribution in [0, 0.1) is 5.41 Å². The number of ether oxygens (including phenoxy) is 1. The van der Waals surface area contributed by atoms with E-state index in [1.165, 1.54) is 0 Å². The summed E-state index contributed by atoms with van der Waals surface area (Å²) in [7, 11) is 0. The molecule has 0 amide bonds. The summed E-state index contributed by atoms with van der Waals surface area (Å²) in [5.41, 5.74) is -1.02. The molecule has 92 valence electrons. The Bertz CT molecular complexity index is 267. The highest BCUT2D eigenvalue weighted by atomic mass is 16.5. The Labute approximate surface area is 96.9 Å². The van der Waals surface area contributed by atoms with Crippen LogP contribution in [-0.2, 0) is 14.3 Å². The van der Waals surface area contributed by atoms with Crippen LogP contribution < -0.4 is 0 Å². The largest absolute Gasteiger partial charge is 0.465 e. The first-order chi connectivity index (χ1) is 7.48. The van der Waals surface area contributed by atoms with Gasteiger partial charge in [-0.2, -0.15) is 0 Å². The van der Waals surface area contributed by atoms with Crippen LogP contribution in [0.15, 0.2) is 0 Å². The third-order valence-corrected chi connectivity index (χ3v) is 3.05. The predicted octanol–water partition coefficient (Wildman–Crippen LogP) is 1.24. The molecule has 0 N–H and O–H groups in total. The van der Waals surface area contributed by atoms with Gasteiger partial charge < -0.3 is 4.74 Å². The van der Waals surface area contributed by atoms with E-state index < -0.39 is 11.4 Å². The second kappa shape index (κ2) is 5.43. The second-order valence-electron chi connectivity index (χ2n) is 4.75. The third-order valence-electron chi connectivity index (χ3n) is 3.05. The molecule has 1 heterocycles. The number of ketones is 1. The maximum Gasteiger partial charge on any atom is 0.319 e. The molecule has 0 radical (unpaired) electrons. The van der Waals surface area contributed by atoms with Crippen LogP contribution in [0.4, 0.5) is 0 Å². The maximum absolute atomic E-state index is 12.0. The molecule has 16 heavy (non-hydrogen) atoms. The van der Waals surface area contributed by atoms with Crippen molar-refractivity contribution in [2.45, 2.75) is 33.6 Å². The number of rotatable bonds is 5. The van der Waals surface area contributed by atoms with E-state index in [2.05, 4.69) is 4.90 Å². The molecule has 0 aromatic rings. The van der Waals surface area contributed by atoms with E-state index in [0.717, 1.165) is 25.9 Å². The molecule has 4 nitrogen and oxygen atoms in total. The molecule has 0 aromatic heterocycles. The van der Waals surface area contributed by atoms with Gasteiger partial charge in [0.05, 0.1) is 13.2 Å². The average Bonchev–Trinajstić information content (AvgIpc) is 2.70. The van der Waals surface area contributed by atoms with E-state index in [-0.39, 0.29) is 5.78 Å². The lowest BCUT2D eigenvalue weighted by molar-refractivity contribution is -0.158. The number of Topliss-reactive ketones (excluding diaryl/α,β-unsaturated/α-hetero) is 1. The highest BCUT2D eigenvalue weighted by Crippen LogP contribution is 2.20. The lowest BCUT2D eigenvalue weighted by Gasteiger charge is -2.23. The van der Waals surface area contributed by atoms with Crippen molar-refractivity contribution < 1.29 is 14.3 Å². The molecule has 1 rings (SSSR count). The Morgan fingerprint density at radius 2 is 1.81 bits per heavy atom. The first kappa shape index (κ1) is 13.2. The van der Waals surface area contributed by atoms with Crippen LogP contribution in [0.2, 0.25) is 0 Å². The van der Waals surface area contributed by atoms with E-state index in [1.54, 1.807) is 20.8 Å². The van der Waals surface area contributed by atoms with Crippen LogP contribution in [0.5, 0.6) is 0 Å². The van der Waals surface area contributed by atoms with Gasteiger partial charge in [0, 0.05) is 0 Å². The van der Waals surface area contributed by atoms with E-state index in [9.17, 15) is 9.59 Å². The van der Waals surface area contributed by atoms with Gasteiger partial charge in [-0.1, -0.05) is 0 Å². The molecule has 1 saturated heterocycles. The van der Waals surface area contributed by atoms with Crippen molar-refractivity contribution >= 4 is 11.8 Å². The quantitative estimate of drug-likeness (QED) is 0.523. The number of likely N-dealkylation sites (tertiary alicyclic amines) is 1. The molecule has 0 spiro atoms. The summed E-state index contributed by atoms with van der Waals surface area (Å²) in [5.74, 6) is -0.466. The van der Waals surface area contributed by atoms with Gasteiger partial charge in [-0.25, -0.2) is 0 Å². The van der Waals surface area contributed by atoms with Gasteiger partial charge in [0.25, 0.3) is 0 Å². The minimum absolute atomic E-state index is 0.0483. The van der Waals surface area contributed by atoms with Gasteiger partial charge >= 0.3 is 5.97 Å². The first-order valence-electron chi connectivity index (χ1n) is 5.91. The van der Waals surface area contributed by atoms with Crippen LogP contribution in [0.25, 0.3) is 0 Å². The standard InChI is InChI=1S/C12H21NO3/c1-4-16-11(15)12(2,3)10(14)9-13-7-5-6-8-13/h4-9H2,1-3H3. The summed E-state index contributed by atoms with van der Waals surface area (Å²) in [5, 5.41) is 0. The van der Waals surface area contributed by atoms with Crippen molar-refractivity contribution in [2.24, 2.45) is 5.41 Å². The first-order valence-corrected chi connectivity index (χ1v) is 5.91. The van der Waals surface area contributed by atoms with Gasteiger partial charge in [0.15, 0.2) is 5.78 Å². The van der Waals surface area contributed by atoms with Gasteiger partial charge in [-0.3, -0.25) is 14.5 Å². The SMILES string of the molecule is CCOC(=O)C(C)(C)C(=O)CN1CCCC1. The Morgan fingerprint density at radius 3 is 2.31 bits per heavy atom. The fourth-order valence-electron chi connectivity index (χ4n) is 1.77. The van der Waals surface area contributed by atoms with E-state index in [0.29, 0.717) is 13.2 Å². The van der Waals surface area contributed by atoms with Crippen LogP contribution in [0.1, 0.15) is 33.6 Å². The van der Waals surface area contributed by atoms with Crippen molar-refractivity contribution in [2.75, 3.05) is 26.2 Å². The number of carbonyl (C=O) groups is 2. The highest BCUT2D eigenvalue weighted by molar-refractivity contribution is 6.03. The van der Waals surface area contributed by atoms with Gasteiger partial charge in [0.1, 0.15) is 5.41 Å². The average molecular weight is 227 g/mol. The monoisotopic (exact) mass is 227 g/mol. The van der Waals surface area contributed by atoms with Crippen LogP contribution >= 0.6 is 0 Å². The highest BCUT2D eigenvalue weighted by Gasteiger charge is 2.38. The topological polar surface area (TPSA) is 46.6 Å². The maximum atomic E-state index is 12.0. The van der Waals surface area contributed by atoms with Crippen LogP contribution in [0.3, 0.4) is 0 Å². The third kappa shape index (κ3) is 3.04. The molecular formula is C12H21NO3. The lowest BCUT2D eigenvalue weighted by Crippen LogP contribution is -2.41. The molecule has 0 atom stereocenters. The van der Waals surface area contributed by atoms with Crippen molar-refractivity contribution in [3.8, 4) is 0 Å². The Morgan fingerprint density at radius 1 is 1.25 bits per heavy atom. The van der Waals surface area contributed by atoms with Gasteiger partial charge in [-0.15, -0.1) is 0 Å². The van der Waals surface area contributed by atoms with Crippen LogP contribution in [-0.4, -0.2) is 42.9 Å². The summed E-state index contributed by atoms with van der Waals surface area (Å²) in [6.45, 7) is 7.64. The molecule has 1 fully saturated rings. The zero-order chi connectivity index (χ0) is 12.2. The molecule has 1 aliphatic heterocycles. The summed E-state index contributed by atoms with van der Waals surface area (Å²) in [6.07, 6.45) is 2.29. The molecule has 0 aliphatic carbocycles. The second-order valence-corrected chi connectivity index (χ2v) is 4.75. The smallest absolute Gasteiger partial charge is 0.319 e. The number of hydrogen-bond acceptors (Lipinski definition) is 4. The number of hydrogen-bond donors (Lipinski definition) is 0. The summed E-state index contributed by atoms with van der Waals surface area (Å²) in [6, 6.07) is 0. The zero-order valence-electron chi connectivity index (χ0n) is 10.4. The number of nitrogens with zero attached hydrogens (tertiary/aromatic N) is 1. The van der Waals surface area contributed by atoms with Crippen molar-refractivity contribution in [1.82, 2.24) is 4.90 Å². The van der Waals surface area contributed by atoms with Gasteiger partial charge in [0.2, 0.25) is 0 Å². The minimum Gasteiger partial charge on any atom is -0.465 e. The van der Waals surface area contributed by atoms with Crippen molar-refractivity contribution in [1.29, 1.82) is 0 Å². The Balaban J connectivity index is 2.53. The summed E-state index contributed by atoms with van der Waals surface area (Å²) < 4.78 is 4.91. The molecule has 0 unspecified atom stereocenters. The fourth-order valence-corrected chi connectivity index (χ4v) is 1.77. The lowest BCUT2D eigenvalue weighted by atomic mass is 9.88. The molecule has 0 aromatic carbocycles. The minimum atomic E-state index is -1.02. The summed E-state index contributed by atoms with van der Waals surface area (Å²) in [4.78, 5) is 25.7. The Kier molecular flexibility index (Phi) is 4.47. The van der Waals surface area contributed by atoms with E-state index in [1.807, 2.05) is 0 Å². The van der Waals surface area contributed by atoms with Gasteiger partial charge in [-0.05, 0) is 46.7 Å². The number of carbonyl (C=O) groups excluding carboxylic acids is 2.